The summed E-state index contributed by atoms with van der Waals surface area (Å²) in [6.45, 7) is 0. The van der Waals surface area contributed by atoms with Crippen LogP contribution in [0.4, 0.5) is 0 Å². The standard InChI is InChI=1S/C51H31NO/c1-3-13-32(14-4-1)39-29-27-33-15-7-8-18-38(33)48(39)49-42-21-11-9-19-40(42)46(41-20-10-12-22-43(41)49)37-26-24-34-23-25-35-28-30-45-50(47(35)44(34)31-37)53-51(52-45)36-16-5-2-6-17-36/h1-31H. The highest BCUT2D eigenvalue weighted by atomic mass is 16.3. The van der Waals surface area contributed by atoms with Crippen LogP contribution in [0.1, 0.15) is 0 Å². The lowest BCUT2D eigenvalue weighted by molar-refractivity contribution is 0.623. The molecule has 10 aromatic carbocycles. The SMILES string of the molecule is c1ccc(-c2nc3ccc4ccc5ccc(-c6c7ccccc7c(-c7c(-c8ccccc8)ccc8ccccc78)c7ccccc67)cc5c4c3o2)cc1. The molecule has 0 radical (unpaired) electrons. The highest BCUT2D eigenvalue weighted by Gasteiger charge is 2.21. The molecule has 246 valence electrons. The van der Waals surface area contributed by atoms with E-state index in [1.54, 1.807) is 0 Å². The van der Waals surface area contributed by atoms with Crippen molar-refractivity contribution in [2.24, 2.45) is 0 Å². The first-order chi connectivity index (χ1) is 26.3. The van der Waals surface area contributed by atoms with Crippen LogP contribution in [0.3, 0.4) is 0 Å². The lowest BCUT2D eigenvalue weighted by Crippen LogP contribution is -1.94. The van der Waals surface area contributed by atoms with E-state index in [0.29, 0.717) is 5.89 Å². The van der Waals surface area contributed by atoms with Gasteiger partial charge in [0.15, 0.2) is 5.58 Å². The molecule has 0 aliphatic rings. The molecule has 2 nitrogen and oxygen atoms in total. The van der Waals surface area contributed by atoms with E-state index in [2.05, 4.69) is 158 Å². The second-order valence-electron chi connectivity index (χ2n) is 13.8. The van der Waals surface area contributed by atoms with Crippen LogP contribution in [-0.2, 0) is 0 Å². The Morgan fingerprint density at radius 3 is 1.58 bits per heavy atom. The molecular weight excluding hydrogens is 643 g/mol. The van der Waals surface area contributed by atoms with Crippen molar-refractivity contribution in [1.29, 1.82) is 0 Å². The molecule has 0 fully saturated rings. The third-order valence-electron chi connectivity index (χ3n) is 10.9. The number of oxazole rings is 1. The number of aromatic nitrogens is 1. The molecule has 11 aromatic rings. The van der Waals surface area contributed by atoms with Crippen molar-refractivity contribution in [2.75, 3.05) is 0 Å². The molecule has 0 atom stereocenters. The van der Waals surface area contributed by atoms with Gasteiger partial charge in [0.25, 0.3) is 0 Å². The van der Waals surface area contributed by atoms with Crippen LogP contribution in [0.15, 0.2) is 192 Å². The van der Waals surface area contributed by atoms with Gasteiger partial charge in [-0.3, -0.25) is 0 Å². The largest absolute Gasteiger partial charge is 0.435 e. The number of nitrogens with zero attached hydrogens (tertiary/aromatic N) is 1. The summed E-state index contributed by atoms with van der Waals surface area (Å²) >= 11 is 0. The Morgan fingerprint density at radius 2 is 0.868 bits per heavy atom. The third-order valence-corrected chi connectivity index (χ3v) is 10.9. The Morgan fingerprint density at radius 1 is 0.340 bits per heavy atom. The quantitative estimate of drug-likeness (QED) is 0.137. The summed E-state index contributed by atoms with van der Waals surface area (Å²) in [6.07, 6.45) is 0. The van der Waals surface area contributed by atoms with Crippen LogP contribution >= 0.6 is 0 Å². The summed E-state index contributed by atoms with van der Waals surface area (Å²) in [6, 6.07) is 67.7. The molecule has 53 heavy (non-hydrogen) atoms. The molecule has 0 amide bonds. The Kier molecular flexibility index (Phi) is 6.59. The van der Waals surface area contributed by atoms with Crippen molar-refractivity contribution in [3.05, 3.63) is 188 Å². The fourth-order valence-electron chi connectivity index (χ4n) is 8.49. The maximum atomic E-state index is 6.60. The number of rotatable bonds is 4. The molecule has 11 rings (SSSR count). The van der Waals surface area contributed by atoms with E-state index in [4.69, 9.17) is 9.40 Å². The molecule has 0 saturated carbocycles. The average molecular weight is 674 g/mol. The van der Waals surface area contributed by atoms with Gasteiger partial charge in [-0.05, 0) is 106 Å². The van der Waals surface area contributed by atoms with Gasteiger partial charge in [0.2, 0.25) is 5.89 Å². The monoisotopic (exact) mass is 673 g/mol. The van der Waals surface area contributed by atoms with Crippen LogP contribution in [0.25, 0.3) is 110 Å². The predicted molar refractivity (Wildman–Crippen MR) is 223 cm³/mol. The number of hydrogen-bond acceptors (Lipinski definition) is 2. The molecule has 0 N–H and O–H groups in total. The van der Waals surface area contributed by atoms with Gasteiger partial charge in [-0.2, -0.15) is 0 Å². The van der Waals surface area contributed by atoms with Gasteiger partial charge in [-0.1, -0.05) is 164 Å². The molecule has 1 heterocycles. The van der Waals surface area contributed by atoms with Crippen LogP contribution in [0, 0.1) is 0 Å². The predicted octanol–water partition coefficient (Wildman–Crippen LogP) is 14.3. The zero-order chi connectivity index (χ0) is 34.9. The van der Waals surface area contributed by atoms with E-state index in [-0.39, 0.29) is 0 Å². The summed E-state index contributed by atoms with van der Waals surface area (Å²) in [5.41, 5.74) is 10.0. The maximum absolute atomic E-state index is 6.60. The van der Waals surface area contributed by atoms with Crippen molar-refractivity contribution in [3.63, 3.8) is 0 Å². The Hall–Kier alpha value is -7.03. The molecule has 0 aliphatic carbocycles. The van der Waals surface area contributed by atoms with Gasteiger partial charge in [0, 0.05) is 10.9 Å². The zero-order valence-electron chi connectivity index (χ0n) is 28.8. The normalized spacial score (nSPS) is 11.8. The topological polar surface area (TPSA) is 26.0 Å². The van der Waals surface area contributed by atoms with E-state index in [1.165, 1.54) is 71.1 Å². The summed E-state index contributed by atoms with van der Waals surface area (Å²) in [5, 5.41) is 11.9. The second-order valence-corrected chi connectivity index (χ2v) is 13.8. The maximum Gasteiger partial charge on any atom is 0.227 e. The van der Waals surface area contributed by atoms with E-state index in [0.717, 1.165) is 32.8 Å². The minimum Gasteiger partial charge on any atom is -0.435 e. The van der Waals surface area contributed by atoms with Crippen molar-refractivity contribution < 1.29 is 4.42 Å². The smallest absolute Gasteiger partial charge is 0.227 e. The van der Waals surface area contributed by atoms with Gasteiger partial charge >= 0.3 is 0 Å². The fourth-order valence-corrected chi connectivity index (χ4v) is 8.49. The number of hydrogen-bond donors (Lipinski definition) is 0. The van der Waals surface area contributed by atoms with E-state index < -0.39 is 0 Å². The first kappa shape index (κ1) is 29.7. The molecule has 2 heteroatoms. The van der Waals surface area contributed by atoms with Crippen molar-refractivity contribution in [2.45, 2.75) is 0 Å². The van der Waals surface area contributed by atoms with Crippen LogP contribution in [0.2, 0.25) is 0 Å². The summed E-state index contributed by atoms with van der Waals surface area (Å²) in [4.78, 5) is 4.92. The van der Waals surface area contributed by atoms with Gasteiger partial charge in [0.05, 0.1) is 0 Å². The second kappa shape index (κ2) is 11.8. The molecule has 0 saturated heterocycles. The van der Waals surface area contributed by atoms with Gasteiger partial charge in [0.1, 0.15) is 5.52 Å². The highest BCUT2D eigenvalue weighted by Crippen LogP contribution is 2.49. The first-order valence-electron chi connectivity index (χ1n) is 18.1. The van der Waals surface area contributed by atoms with Gasteiger partial charge in [-0.15, -0.1) is 0 Å². The van der Waals surface area contributed by atoms with Crippen LogP contribution in [0.5, 0.6) is 0 Å². The molecule has 0 aliphatic heterocycles. The van der Waals surface area contributed by atoms with Crippen molar-refractivity contribution >= 4 is 65.0 Å². The molecular formula is C51H31NO. The van der Waals surface area contributed by atoms with Crippen molar-refractivity contribution in [1.82, 2.24) is 4.98 Å². The third kappa shape index (κ3) is 4.63. The Bertz CT molecular complexity index is 3160. The van der Waals surface area contributed by atoms with Gasteiger partial charge < -0.3 is 4.42 Å². The number of fused-ring (bicyclic) bond motifs is 8. The Labute approximate surface area is 306 Å². The fraction of sp³-hybridized carbons (Fsp3) is 0. The average Bonchev–Trinajstić information content (AvgIpc) is 3.68. The van der Waals surface area contributed by atoms with Crippen molar-refractivity contribution in [3.8, 4) is 44.8 Å². The lowest BCUT2D eigenvalue weighted by Gasteiger charge is -2.21. The summed E-state index contributed by atoms with van der Waals surface area (Å²) in [5.74, 6) is 0.636. The number of benzene rings is 10. The van der Waals surface area contributed by atoms with Crippen LogP contribution in [-0.4, -0.2) is 4.98 Å². The van der Waals surface area contributed by atoms with Gasteiger partial charge in [-0.25, -0.2) is 4.98 Å². The minimum atomic E-state index is 0.636. The van der Waals surface area contributed by atoms with E-state index in [1.807, 2.05) is 30.3 Å². The van der Waals surface area contributed by atoms with E-state index in [9.17, 15) is 0 Å². The molecule has 0 unspecified atom stereocenters. The minimum absolute atomic E-state index is 0.636. The molecule has 1 aromatic heterocycles. The lowest BCUT2D eigenvalue weighted by atomic mass is 9.82. The Balaban J connectivity index is 1.23. The zero-order valence-corrected chi connectivity index (χ0v) is 28.8. The summed E-state index contributed by atoms with van der Waals surface area (Å²) < 4.78 is 6.60. The van der Waals surface area contributed by atoms with E-state index >= 15 is 0 Å². The van der Waals surface area contributed by atoms with Crippen LogP contribution < -0.4 is 0 Å². The summed E-state index contributed by atoms with van der Waals surface area (Å²) in [7, 11) is 0. The molecule has 0 spiro atoms. The first-order valence-corrected chi connectivity index (χ1v) is 18.1. The molecule has 0 bridgehead atoms. The highest BCUT2D eigenvalue weighted by molar-refractivity contribution is 6.26.